The summed E-state index contributed by atoms with van der Waals surface area (Å²) >= 11 is 1.46. The molecule has 7 heteroatoms. The molecule has 2 heterocycles. The highest BCUT2D eigenvalue weighted by Crippen LogP contribution is 2.30. The van der Waals surface area contributed by atoms with Crippen LogP contribution >= 0.6 is 11.8 Å². The van der Waals surface area contributed by atoms with E-state index < -0.39 is 5.97 Å². The SMILES string of the molecule is O=C1CSc2ncc(CNC3CCC(C(=O)O)CC3)cc2N1. The van der Waals surface area contributed by atoms with Gasteiger partial charge < -0.3 is 15.7 Å². The van der Waals surface area contributed by atoms with Crippen molar-refractivity contribution >= 4 is 29.3 Å². The van der Waals surface area contributed by atoms with E-state index in [4.69, 9.17) is 5.11 Å². The van der Waals surface area contributed by atoms with E-state index in [2.05, 4.69) is 15.6 Å². The highest BCUT2D eigenvalue weighted by Gasteiger charge is 2.25. The van der Waals surface area contributed by atoms with Gasteiger partial charge in [0.25, 0.3) is 0 Å². The number of aromatic nitrogens is 1. The molecule has 1 aliphatic carbocycles. The summed E-state index contributed by atoms with van der Waals surface area (Å²) in [5.41, 5.74) is 1.82. The zero-order chi connectivity index (χ0) is 15.5. The number of nitrogens with one attached hydrogen (secondary N) is 2. The number of pyridine rings is 1. The molecule has 0 aromatic carbocycles. The molecule has 0 atom stereocenters. The van der Waals surface area contributed by atoms with Crippen molar-refractivity contribution in [1.82, 2.24) is 10.3 Å². The number of carbonyl (C=O) groups excluding carboxylic acids is 1. The number of hydrogen-bond acceptors (Lipinski definition) is 5. The molecule has 22 heavy (non-hydrogen) atoms. The first-order valence-electron chi connectivity index (χ1n) is 7.49. The van der Waals surface area contributed by atoms with Crippen molar-refractivity contribution in [2.45, 2.75) is 43.3 Å². The lowest BCUT2D eigenvalue weighted by Gasteiger charge is -2.27. The molecule has 6 nitrogen and oxygen atoms in total. The summed E-state index contributed by atoms with van der Waals surface area (Å²) in [6.45, 7) is 0.684. The quantitative estimate of drug-likeness (QED) is 0.784. The first kappa shape index (κ1) is 15.3. The van der Waals surface area contributed by atoms with E-state index in [1.54, 1.807) is 0 Å². The van der Waals surface area contributed by atoms with Crippen molar-refractivity contribution in [1.29, 1.82) is 0 Å². The molecule has 1 amide bonds. The van der Waals surface area contributed by atoms with E-state index >= 15 is 0 Å². The van der Waals surface area contributed by atoms with E-state index in [9.17, 15) is 9.59 Å². The molecule has 1 aliphatic heterocycles. The fraction of sp³-hybridized carbons (Fsp3) is 0.533. The Morgan fingerprint density at radius 1 is 1.41 bits per heavy atom. The number of carboxylic acid groups (broad SMARTS) is 1. The van der Waals surface area contributed by atoms with E-state index in [-0.39, 0.29) is 11.8 Å². The molecular formula is C15H19N3O3S. The Morgan fingerprint density at radius 3 is 2.91 bits per heavy atom. The molecule has 118 valence electrons. The Kier molecular flexibility index (Phi) is 4.63. The predicted octanol–water partition coefficient (Wildman–Crippen LogP) is 1.86. The van der Waals surface area contributed by atoms with Crippen molar-refractivity contribution in [2.24, 2.45) is 5.92 Å². The largest absolute Gasteiger partial charge is 0.481 e. The molecule has 0 saturated heterocycles. The van der Waals surface area contributed by atoms with Crippen LogP contribution in [0.25, 0.3) is 0 Å². The fourth-order valence-corrected chi connectivity index (χ4v) is 3.66. The normalized spacial score (nSPS) is 24.5. The van der Waals surface area contributed by atoms with Crippen molar-refractivity contribution in [3.05, 3.63) is 17.8 Å². The highest BCUT2D eigenvalue weighted by atomic mass is 32.2. The molecule has 1 aromatic rings. The Hall–Kier alpha value is -1.60. The van der Waals surface area contributed by atoms with E-state index in [0.29, 0.717) is 18.3 Å². The average molecular weight is 321 g/mol. The van der Waals surface area contributed by atoms with Crippen LogP contribution in [0, 0.1) is 5.92 Å². The predicted molar refractivity (Wildman–Crippen MR) is 83.8 cm³/mol. The molecule has 3 N–H and O–H groups in total. The van der Waals surface area contributed by atoms with Gasteiger partial charge in [0.2, 0.25) is 5.91 Å². The number of carboxylic acids is 1. The average Bonchev–Trinajstić information content (AvgIpc) is 2.53. The summed E-state index contributed by atoms with van der Waals surface area (Å²) in [7, 11) is 0. The molecule has 2 aliphatic rings. The lowest BCUT2D eigenvalue weighted by molar-refractivity contribution is -0.142. The van der Waals surface area contributed by atoms with Crippen LogP contribution in [0.1, 0.15) is 31.2 Å². The molecule has 3 rings (SSSR count). The summed E-state index contributed by atoms with van der Waals surface area (Å²) in [6, 6.07) is 2.32. The minimum atomic E-state index is -0.675. The molecule has 1 saturated carbocycles. The van der Waals surface area contributed by atoms with Gasteiger partial charge >= 0.3 is 5.97 Å². The Morgan fingerprint density at radius 2 is 2.18 bits per heavy atom. The number of aliphatic carboxylic acids is 1. The van der Waals surface area contributed by atoms with Crippen LogP contribution in [0.15, 0.2) is 17.3 Å². The zero-order valence-electron chi connectivity index (χ0n) is 12.2. The van der Waals surface area contributed by atoms with Crippen molar-refractivity contribution in [3.8, 4) is 0 Å². The number of thioether (sulfide) groups is 1. The maximum Gasteiger partial charge on any atom is 0.306 e. The second-order valence-corrected chi connectivity index (χ2v) is 6.76. The monoisotopic (exact) mass is 321 g/mol. The molecule has 1 aromatic heterocycles. The van der Waals surface area contributed by atoms with Crippen molar-refractivity contribution in [3.63, 3.8) is 0 Å². The van der Waals surface area contributed by atoms with Crippen LogP contribution < -0.4 is 10.6 Å². The third-order valence-corrected chi connectivity index (χ3v) is 5.20. The summed E-state index contributed by atoms with van der Waals surface area (Å²) < 4.78 is 0. The maximum absolute atomic E-state index is 11.4. The number of amides is 1. The Bertz CT molecular complexity index is 585. The first-order chi connectivity index (χ1) is 10.6. The minimum Gasteiger partial charge on any atom is -0.481 e. The number of nitrogens with zero attached hydrogens (tertiary/aromatic N) is 1. The van der Waals surface area contributed by atoms with Gasteiger partial charge in [-0.2, -0.15) is 0 Å². The third-order valence-electron chi connectivity index (χ3n) is 4.19. The number of anilines is 1. The summed E-state index contributed by atoms with van der Waals surface area (Å²) in [5, 5.41) is 16.2. The Labute approximate surface area is 133 Å². The molecular weight excluding hydrogens is 302 g/mol. The van der Waals surface area contributed by atoms with Gasteiger partial charge in [0, 0.05) is 18.8 Å². The number of carbonyl (C=O) groups is 2. The minimum absolute atomic E-state index is 0.0106. The first-order valence-corrected chi connectivity index (χ1v) is 8.48. The van der Waals surface area contributed by atoms with Gasteiger partial charge in [-0.05, 0) is 37.3 Å². The summed E-state index contributed by atoms with van der Waals surface area (Å²) in [4.78, 5) is 26.7. The van der Waals surface area contributed by atoms with E-state index in [1.807, 2.05) is 12.3 Å². The highest BCUT2D eigenvalue weighted by molar-refractivity contribution is 8.00. The van der Waals surface area contributed by atoms with E-state index in [0.717, 1.165) is 42.0 Å². The van der Waals surface area contributed by atoms with Gasteiger partial charge in [-0.3, -0.25) is 9.59 Å². The summed E-state index contributed by atoms with van der Waals surface area (Å²) in [6.07, 6.45) is 5.09. The van der Waals surface area contributed by atoms with Gasteiger partial charge in [-0.25, -0.2) is 4.98 Å². The van der Waals surface area contributed by atoms with Crippen LogP contribution in [0.3, 0.4) is 0 Å². The smallest absolute Gasteiger partial charge is 0.306 e. The van der Waals surface area contributed by atoms with Gasteiger partial charge in [0.15, 0.2) is 0 Å². The molecule has 1 fully saturated rings. The Balaban J connectivity index is 1.53. The fourth-order valence-electron chi connectivity index (χ4n) is 2.92. The molecule has 0 bridgehead atoms. The molecule has 0 unspecified atom stereocenters. The van der Waals surface area contributed by atoms with Crippen molar-refractivity contribution in [2.75, 3.05) is 11.1 Å². The molecule has 0 spiro atoms. The van der Waals surface area contributed by atoms with Crippen LogP contribution in [-0.4, -0.2) is 33.8 Å². The van der Waals surface area contributed by atoms with Crippen molar-refractivity contribution < 1.29 is 14.7 Å². The standard InChI is InChI=1S/C15H19N3O3S/c19-13-8-22-14-12(18-13)5-9(7-17-14)6-16-11-3-1-10(2-4-11)15(20)21/h5,7,10-11,16H,1-4,6,8H2,(H,18,19)(H,20,21). The van der Waals surface area contributed by atoms with Gasteiger partial charge in [0.05, 0.1) is 17.4 Å². The van der Waals surface area contributed by atoms with Crippen LogP contribution in [0.2, 0.25) is 0 Å². The second-order valence-electron chi connectivity index (χ2n) is 5.80. The number of fused-ring (bicyclic) bond motifs is 1. The van der Waals surface area contributed by atoms with Gasteiger partial charge in [-0.15, -0.1) is 0 Å². The van der Waals surface area contributed by atoms with Gasteiger partial charge in [0.1, 0.15) is 5.03 Å². The zero-order valence-corrected chi connectivity index (χ0v) is 13.0. The third kappa shape index (κ3) is 3.59. The summed E-state index contributed by atoms with van der Waals surface area (Å²) in [5.74, 6) is -0.428. The number of rotatable bonds is 4. The van der Waals surface area contributed by atoms with E-state index in [1.165, 1.54) is 11.8 Å². The van der Waals surface area contributed by atoms with Crippen LogP contribution in [0.4, 0.5) is 5.69 Å². The molecule has 0 radical (unpaired) electrons. The van der Waals surface area contributed by atoms with Gasteiger partial charge in [-0.1, -0.05) is 11.8 Å². The number of hydrogen-bond donors (Lipinski definition) is 3. The lowest BCUT2D eigenvalue weighted by atomic mass is 9.86. The van der Waals surface area contributed by atoms with Crippen LogP contribution in [-0.2, 0) is 16.1 Å². The van der Waals surface area contributed by atoms with Crippen LogP contribution in [0.5, 0.6) is 0 Å². The second kappa shape index (κ2) is 6.66. The lowest BCUT2D eigenvalue weighted by Crippen LogP contribution is -2.34. The maximum atomic E-state index is 11.4. The topological polar surface area (TPSA) is 91.3 Å².